The summed E-state index contributed by atoms with van der Waals surface area (Å²) in [6.45, 7) is 0. The number of carbonyl (C=O) groups is 2. The second-order valence-corrected chi connectivity index (χ2v) is 2.48. The molecule has 4 heteroatoms. The van der Waals surface area contributed by atoms with Gasteiger partial charge in [-0.15, -0.1) is 0 Å². The molecule has 1 amide bonds. The van der Waals surface area contributed by atoms with E-state index in [2.05, 4.69) is 5.32 Å². The van der Waals surface area contributed by atoms with Crippen LogP contribution in [0.3, 0.4) is 0 Å². The molecule has 0 saturated carbocycles. The lowest BCUT2D eigenvalue weighted by molar-refractivity contribution is 0.0697. The third-order valence-corrected chi connectivity index (χ3v) is 1.56. The Morgan fingerprint density at radius 3 is 2.57 bits per heavy atom. The average molecular weight is 189 g/mol. The van der Waals surface area contributed by atoms with Gasteiger partial charge in [0.15, 0.2) is 0 Å². The minimum atomic E-state index is -1.08. The van der Waals surface area contributed by atoms with Gasteiger partial charge in [-0.2, -0.15) is 0 Å². The van der Waals surface area contributed by atoms with Gasteiger partial charge in [0.2, 0.25) is 0 Å². The van der Waals surface area contributed by atoms with Crippen LogP contribution in [0.5, 0.6) is 0 Å². The SMILES string of the molecule is C#CNC(=O)c1cccc(C(=O)O)c1. The fourth-order valence-electron chi connectivity index (χ4n) is 0.931. The summed E-state index contributed by atoms with van der Waals surface area (Å²) in [5.74, 6) is -1.57. The summed E-state index contributed by atoms with van der Waals surface area (Å²) in [5.41, 5.74) is 0.275. The van der Waals surface area contributed by atoms with Gasteiger partial charge in [0.1, 0.15) is 0 Å². The van der Waals surface area contributed by atoms with E-state index < -0.39 is 11.9 Å². The zero-order valence-electron chi connectivity index (χ0n) is 7.15. The summed E-state index contributed by atoms with van der Waals surface area (Å²) in [4.78, 5) is 21.7. The molecule has 0 saturated heterocycles. The van der Waals surface area contributed by atoms with Crippen molar-refractivity contribution in [2.24, 2.45) is 0 Å². The molecule has 0 aliphatic heterocycles. The summed E-state index contributed by atoms with van der Waals surface area (Å²) in [7, 11) is 0. The first-order chi connectivity index (χ1) is 6.65. The Balaban J connectivity index is 3.01. The Labute approximate surface area is 80.6 Å². The maximum atomic E-state index is 11.2. The molecular formula is C10H7NO3. The van der Waals surface area contributed by atoms with Gasteiger partial charge in [0.05, 0.1) is 5.56 Å². The van der Waals surface area contributed by atoms with Crippen molar-refractivity contribution >= 4 is 11.9 Å². The fourth-order valence-corrected chi connectivity index (χ4v) is 0.931. The zero-order chi connectivity index (χ0) is 10.6. The van der Waals surface area contributed by atoms with Crippen LogP contribution in [0, 0.1) is 12.5 Å². The normalized spacial score (nSPS) is 8.79. The molecular weight excluding hydrogens is 182 g/mol. The van der Waals surface area contributed by atoms with E-state index in [0.29, 0.717) is 0 Å². The van der Waals surface area contributed by atoms with E-state index in [0.717, 1.165) is 0 Å². The van der Waals surface area contributed by atoms with Crippen LogP contribution in [0.4, 0.5) is 0 Å². The Kier molecular flexibility index (Phi) is 2.87. The van der Waals surface area contributed by atoms with Gasteiger partial charge in [-0.05, 0) is 18.2 Å². The first kappa shape index (κ1) is 9.81. The molecule has 0 radical (unpaired) electrons. The van der Waals surface area contributed by atoms with Crippen molar-refractivity contribution in [3.63, 3.8) is 0 Å². The van der Waals surface area contributed by atoms with Gasteiger partial charge < -0.3 is 5.11 Å². The molecule has 0 aliphatic carbocycles. The third-order valence-electron chi connectivity index (χ3n) is 1.56. The van der Waals surface area contributed by atoms with Crippen molar-refractivity contribution in [1.82, 2.24) is 5.32 Å². The van der Waals surface area contributed by atoms with Crippen LogP contribution in [-0.4, -0.2) is 17.0 Å². The van der Waals surface area contributed by atoms with Crippen molar-refractivity contribution in [1.29, 1.82) is 0 Å². The van der Waals surface area contributed by atoms with Gasteiger partial charge in [-0.3, -0.25) is 10.1 Å². The maximum Gasteiger partial charge on any atom is 0.335 e. The first-order valence-electron chi connectivity index (χ1n) is 3.74. The van der Waals surface area contributed by atoms with Crippen LogP contribution in [0.1, 0.15) is 20.7 Å². The molecule has 0 spiro atoms. The summed E-state index contributed by atoms with van der Waals surface area (Å²) >= 11 is 0. The monoisotopic (exact) mass is 189 g/mol. The van der Waals surface area contributed by atoms with E-state index in [1.807, 2.05) is 6.04 Å². The molecule has 0 fully saturated rings. The maximum absolute atomic E-state index is 11.2. The predicted molar refractivity (Wildman–Crippen MR) is 49.7 cm³/mol. The number of nitrogens with one attached hydrogen (secondary N) is 1. The molecule has 0 unspecified atom stereocenters. The Morgan fingerprint density at radius 1 is 1.36 bits per heavy atom. The lowest BCUT2D eigenvalue weighted by atomic mass is 10.1. The van der Waals surface area contributed by atoms with Gasteiger partial charge >= 0.3 is 5.97 Å². The van der Waals surface area contributed by atoms with Crippen LogP contribution in [0.2, 0.25) is 0 Å². The quantitative estimate of drug-likeness (QED) is 0.531. The molecule has 0 aliphatic rings. The molecule has 0 heterocycles. The number of amides is 1. The number of carboxylic acid groups (broad SMARTS) is 1. The van der Waals surface area contributed by atoms with Crippen molar-refractivity contribution in [3.05, 3.63) is 35.4 Å². The van der Waals surface area contributed by atoms with Crippen LogP contribution in [0.25, 0.3) is 0 Å². The van der Waals surface area contributed by atoms with E-state index in [4.69, 9.17) is 11.5 Å². The number of rotatable bonds is 2. The summed E-state index contributed by atoms with van der Waals surface area (Å²) in [6, 6.07) is 7.59. The van der Waals surface area contributed by atoms with E-state index in [-0.39, 0.29) is 11.1 Å². The van der Waals surface area contributed by atoms with Crippen LogP contribution in [-0.2, 0) is 0 Å². The second-order valence-electron chi connectivity index (χ2n) is 2.48. The van der Waals surface area contributed by atoms with Crippen LogP contribution >= 0.6 is 0 Å². The topological polar surface area (TPSA) is 66.4 Å². The molecule has 1 aromatic carbocycles. The molecule has 0 aromatic heterocycles. The minimum absolute atomic E-state index is 0.0506. The zero-order valence-corrected chi connectivity index (χ0v) is 7.15. The van der Waals surface area contributed by atoms with E-state index in [1.165, 1.54) is 24.3 Å². The summed E-state index contributed by atoms with van der Waals surface area (Å²) in [5, 5.41) is 10.8. The number of hydrogen-bond donors (Lipinski definition) is 2. The molecule has 0 bridgehead atoms. The highest BCUT2D eigenvalue weighted by molar-refractivity contribution is 5.98. The Morgan fingerprint density at radius 2 is 2.00 bits per heavy atom. The highest BCUT2D eigenvalue weighted by Gasteiger charge is 2.07. The van der Waals surface area contributed by atoms with E-state index in [9.17, 15) is 9.59 Å². The number of carbonyl (C=O) groups excluding carboxylic acids is 1. The number of hydrogen-bond acceptors (Lipinski definition) is 2. The number of aromatic carboxylic acids is 1. The molecule has 1 aromatic rings. The molecule has 2 N–H and O–H groups in total. The van der Waals surface area contributed by atoms with Crippen molar-refractivity contribution in [2.75, 3.05) is 0 Å². The molecule has 70 valence electrons. The average Bonchev–Trinajstić information content (AvgIpc) is 2.18. The van der Waals surface area contributed by atoms with Gasteiger partial charge in [-0.1, -0.05) is 12.5 Å². The fraction of sp³-hybridized carbons (Fsp3) is 0. The largest absolute Gasteiger partial charge is 0.478 e. The third kappa shape index (κ3) is 2.11. The van der Waals surface area contributed by atoms with Crippen LogP contribution < -0.4 is 5.32 Å². The smallest absolute Gasteiger partial charge is 0.335 e. The molecule has 14 heavy (non-hydrogen) atoms. The molecule has 0 atom stereocenters. The Bertz CT molecular complexity index is 418. The molecule has 1 rings (SSSR count). The van der Waals surface area contributed by atoms with Crippen molar-refractivity contribution < 1.29 is 14.7 Å². The number of terminal acetylenes is 1. The van der Waals surface area contributed by atoms with Gasteiger partial charge in [0, 0.05) is 11.6 Å². The van der Waals surface area contributed by atoms with E-state index >= 15 is 0 Å². The highest BCUT2D eigenvalue weighted by Crippen LogP contribution is 2.04. The van der Waals surface area contributed by atoms with Crippen molar-refractivity contribution in [3.8, 4) is 12.5 Å². The standard InChI is InChI=1S/C10H7NO3/c1-2-11-9(12)7-4-3-5-8(6-7)10(13)14/h1,3-6H,(H,11,12)(H,13,14). The first-order valence-corrected chi connectivity index (χ1v) is 3.74. The minimum Gasteiger partial charge on any atom is -0.478 e. The lowest BCUT2D eigenvalue weighted by Crippen LogP contribution is -2.17. The van der Waals surface area contributed by atoms with Gasteiger partial charge in [-0.25, -0.2) is 4.79 Å². The summed E-state index contributed by atoms with van der Waals surface area (Å²) in [6.07, 6.45) is 4.87. The number of benzene rings is 1. The summed E-state index contributed by atoms with van der Waals surface area (Å²) < 4.78 is 0. The van der Waals surface area contributed by atoms with E-state index in [1.54, 1.807) is 0 Å². The Hall–Kier alpha value is -2.28. The predicted octanol–water partition coefficient (Wildman–Crippen LogP) is 0.705. The second kappa shape index (κ2) is 4.10. The molecule has 4 nitrogen and oxygen atoms in total. The van der Waals surface area contributed by atoms with Crippen LogP contribution in [0.15, 0.2) is 24.3 Å². The lowest BCUT2D eigenvalue weighted by Gasteiger charge is -1.99. The number of carboxylic acids is 1. The van der Waals surface area contributed by atoms with Gasteiger partial charge in [0.25, 0.3) is 5.91 Å². The van der Waals surface area contributed by atoms with Crippen molar-refractivity contribution in [2.45, 2.75) is 0 Å². The highest BCUT2D eigenvalue weighted by atomic mass is 16.4.